The molecule has 0 bridgehead atoms. The first-order valence-corrected chi connectivity index (χ1v) is 7.49. The van der Waals surface area contributed by atoms with Gasteiger partial charge in [0.2, 0.25) is 0 Å². The molecule has 0 spiro atoms. The van der Waals surface area contributed by atoms with Crippen molar-refractivity contribution in [1.29, 1.82) is 0 Å². The Morgan fingerprint density at radius 1 is 1.38 bits per heavy atom. The molecule has 0 radical (unpaired) electrons. The molecule has 1 heterocycles. The summed E-state index contributed by atoms with van der Waals surface area (Å²) in [5.74, 6) is 0.814. The number of aliphatic hydroxyl groups excluding tert-OH is 1. The molecule has 1 aliphatic heterocycles. The molecule has 4 heteroatoms. The number of allylic oxidation sites excluding steroid dienone is 1. The summed E-state index contributed by atoms with van der Waals surface area (Å²) in [5, 5.41) is 12.2. The molecule has 1 unspecified atom stereocenters. The average molecular weight is 289 g/mol. The molecule has 1 aliphatic rings. The van der Waals surface area contributed by atoms with E-state index in [0.29, 0.717) is 19.6 Å². The summed E-state index contributed by atoms with van der Waals surface area (Å²) in [6.07, 6.45) is 2.30. The number of rotatable bonds is 6. The second-order valence-corrected chi connectivity index (χ2v) is 5.32. The fourth-order valence-electron chi connectivity index (χ4n) is 2.60. The van der Waals surface area contributed by atoms with Crippen molar-refractivity contribution >= 4 is 5.91 Å². The summed E-state index contributed by atoms with van der Waals surface area (Å²) >= 11 is 0. The molecule has 1 atom stereocenters. The van der Waals surface area contributed by atoms with E-state index in [9.17, 15) is 9.90 Å². The topological polar surface area (TPSA) is 58.6 Å². The van der Waals surface area contributed by atoms with E-state index in [0.717, 1.165) is 29.7 Å². The van der Waals surface area contributed by atoms with Crippen LogP contribution in [0.4, 0.5) is 0 Å². The third kappa shape index (κ3) is 4.33. The van der Waals surface area contributed by atoms with Gasteiger partial charge in [-0.15, -0.1) is 0 Å². The monoisotopic (exact) mass is 289 g/mol. The van der Waals surface area contributed by atoms with Crippen LogP contribution in [0.3, 0.4) is 0 Å². The molecular weight excluding hydrogens is 266 g/mol. The van der Waals surface area contributed by atoms with E-state index in [1.807, 2.05) is 37.3 Å². The van der Waals surface area contributed by atoms with Crippen LogP contribution in [0.5, 0.6) is 0 Å². The number of nitrogens with one attached hydrogen (secondary N) is 1. The maximum absolute atomic E-state index is 12.2. The Morgan fingerprint density at radius 3 is 2.81 bits per heavy atom. The molecule has 21 heavy (non-hydrogen) atoms. The van der Waals surface area contributed by atoms with Gasteiger partial charge in [0.25, 0.3) is 5.91 Å². The largest absolute Gasteiger partial charge is 0.498 e. The minimum Gasteiger partial charge on any atom is -0.498 e. The highest BCUT2D eigenvalue weighted by Gasteiger charge is 2.19. The summed E-state index contributed by atoms with van der Waals surface area (Å²) < 4.78 is 5.43. The Bertz CT molecular complexity index is 496. The summed E-state index contributed by atoms with van der Waals surface area (Å²) in [6.45, 7) is 3.18. The molecule has 1 aromatic carbocycles. The quantitative estimate of drug-likeness (QED) is 0.845. The molecule has 2 N–H and O–H groups in total. The van der Waals surface area contributed by atoms with Crippen molar-refractivity contribution in [2.45, 2.75) is 32.1 Å². The first kappa shape index (κ1) is 15.6. The van der Waals surface area contributed by atoms with Gasteiger partial charge in [0, 0.05) is 19.1 Å². The lowest BCUT2D eigenvalue weighted by Gasteiger charge is -2.21. The number of ether oxygens (including phenoxy) is 1. The number of aliphatic hydroxyl groups is 1. The number of benzene rings is 1. The Morgan fingerprint density at radius 2 is 2.14 bits per heavy atom. The molecular formula is C17H23NO3. The smallest absolute Gasteiger partial charge is 0.250 e. The van der Waals surface area contributed by atoms with Crippen LogP contribution in [0.15, 0.2) is 41.7 Å². The molecule has 1 aromatic rings. The van der Waals surface area contributed by atoms with Gasteiger partial charge < -0.3 is 15.2 Å². The summed E-state index contributed by atoms with van der Waals surface area (Å²) in [5.41, 5.74) is 1.88. The SMILES string of the molecule is CC1=C(C(=O)NCC(CCO)c2ccccc2)CCCO1. The van der Waals surface area contributed by atoms with E-state index in [1.54, 1.807) is 0 Å². The van der Waals surface area contributed by atoms with Crippen LogP contribution in [-0.2, 0) is 9.53 Å². The molecule has 0 fully saturated rings. The minimum atomic E-state index is -0.0499. The van der Waals surface area contributed by atoms with Crippen molar-refractivity contribution < 1.29 is 14.6 Å². The Labute approximate surface area is 125 Å². The highest BCUT2D eigenvalue weighted by atomic mass is 16.5. The van der Waals surface area contributed by atoms with E-state index in [4.69, 9.17) is 4.74 Å². The van der Waals surface area contributed by atoms with Gasteiger partial charge in [0.05, 0.1) is 12.2 Å². The van der Waals surface area contributed by atoms with Crippen LogP contribution in [0.1, 0.15) is 37.7 Å². The fraction of sp³-hybridized carbons (Fsp3) is 0.471. The van der Waals surface area contributed by atoms with Gasteiger partial charge in [-0.05, 0) is 31.7 Å². The zero-order valence-corrected chi connectivity index (χ0v) is 12.5. The number of hydrogen-bond acceptors (Lipinski definition) is 3. The Kier molecular flexibility index (Phi) is 5.81. The van der Waals surface area contributed by atoms with Crippen LogP contribution in [0.2, 0.25) is 0 Å². The summed E-state index contributed by atoms with van der Waals surface area (Å²) in [7, 11) is 0. The van der Waals surface area contributed by atoms with Crippen molar-refractivity contribution in [2.75, 3.05) is 19.8 Å². The maximum Gasteiger partial charge on any atom is 0.250 e. The average Bonchev–Trinajstić information content (AvgIpc) is 2.52. The predicted molar refractivity (Wildman–Crippen MR) is 81.8 cm³/mol. The van der Waals surface area contributed by atoms with Gasteiger partial charge in [0.15, 0.2) is 0 Å². The van der Waals surface area contributed by atoms with Crippen LogP contribution in [0.25, 0.3) is 0 Å². The zero-order chi connectivity index (χ0) is 15.1. The molecule has 0 saturated heterocycles. The number of hydrogen-bond donors (Lipinski definition) is 2. The highest BCUT2D eigenvalue weighted by Crippen LogP contribution is 2.21. The second-order valence-electron chi connectivity index (χ2n) is 5.32. The maximum atomic E-state index is 12.2. The number of carbonyl (C=O) groups excluding carboxylic acids is 1. The van der Waals surface area contributed by atoms with Gasteiger partial charge in [-0.25, -0.2) is 0 Å². The fourth-order valence-corrected chi connectivity index (χ4v) is 2.60. The highest BCUT2D eigenvalue weighted by molar-refractivity contribution is 5.93. The molecule has 0 aromatic heterocycles. The normalized spacial score (nSPS) is 16.3. The third-order valence-corrected chi connectivity index (χ3v) is 3.85. The van der Waals surface area contributed by atoms with Gasteiger partial charge in [-0.1, -0.05) is 30.3 Å². The standard InChI is InChI=1S/C17H23NO3/c1-13-16(8-5-11-21-13)17(20)18-12-15(9-10-19)14-6-3-2-4-7-14/h2-4,6-7,15,19H,5,8-12H2,1H3,(H,18,20). The van der Waals surface area contributed by atoms with E-state index >= 15 is 0 Å². The molecule has 114 valence electrons. The van der Waals surface area contributed by atoms with Crippen molar-refractivity contribution in [3.8, 4) is 0 Å². The minimum absolute atomic E-state index is 0.0499. The molecule has 0 aliphatic carbocycles. The van der Waals surface area contributed by atoms with Crippen LogP contribution < -0.4 is 5.32 Å². The van der Waals surface area contributed by atoms with E-state index in [2.05, 4.69) is 5.32 Å². The van der Waals surface area contributed by atoms with E-state index in [-0.39, 0.29) is 18.4 Å². The molecule has 0 saturated carbocycles. The van der Waals surface area contributed by atoms with Gasteiger partial charge in [0.1, 0.15) is 5.76 Å². The Balaban J connectivity index is 1.97. The van der Waals surface area contributed by atoms with Crippen LogP contribution in [-0.4, -0.2) is 30.8 Å². The molecule has 4 nitrogen and oxygen atoms in total. The zero-order valence-electron chi connectivity index (χ0n) is 12.5. The van der Waals surface area contributed by atoms with E-state index in [1.165, 1.54) is 0 Å². The summed E-state index contributed by atoms with van der Waals surface area (Å²) in [6, 6.07) is 9.97. The van der Waals surface area contributed by atoms with Crippen molar-refractivity contribution in [1.82, 2.24) is 5.32 Å². The second kappa shape index (κ2) is 7.84. The van der Waals surface area contributed by atoms with Crippen molar-refractivity contribution in [3.05, 3.63) is 47.2 Å². The van der Waals surface area contributed by atoms with Crippen LogP contribution >= 0.6 is 0 Å². The third-order valence-electron chi connectivity index (χ3n) is 3.85. The lowest BCUT2D eigenvalue weighted by molar-refractivity contribution is -0.118. The summed E-state index contributed by atoms with van der Waals surface area (Å²) in [4.78, 5) is 12.2. The van der Waals surface area contributed by atoms with Gasteiger partial charge >= 0.3 is 0 Å². The van der Waals surface area contributed by atoms with E-state index < -0.39 is 0 Å². The van der Waals surface area contributed by atoms with Gasteiger partial charge in [-0.2, -0.15) is 0 Å². The first-order chi connectivity index (χ1) is 10.2. The number of amides is 1. The first-order valence-electron chi connectivity index (χ1n) is 7.49. The van der Waals surface area contributed by atoms with Crippen molar-refractivity contribution in [3.63, 3.8) is 0 Å². The molecule has 1 amide bonds. The lowest BCUT2D eigenvalue weighted by atomic mass is 9.95. The van der Waals surface area contributed by atoms with Crippen molar-refractivity contribution in [2.24, 2.45) is 0 Å². The lowest BCUT2D eigenvalue weighted by Crippen LogP contribution is -2.31. The molecule has 2 rings (SSSR count). The number of carbonyl (C=O) groups is 1. The van der Waals surface area contributed by atoms with Crippen LogP contribution in [0, 0.1) is 0 Å². The predicted octanol–water partition coefficient (Wildman–Crippen LogP) is 2.35. The Hall–Kier alpha value is -1.81. The van der Waals surface area contributed by atoms with Gasteiger partial charge in [-0.3, -0.25) is 4.79 Å².